The van der Waals surface area contributed by atoms with Gasteiger partial charge in [0.1, 0.15) is 29.9 Å². The summed E-state index contributed by atoms with van der Waals surface area (Å²) < 4.78 is 78.3. The third-order valence-electron chi connectivity index (χ3n) is 6.32. The number of halogens is 4. The molecule has 1 aliphatic carbocycles. The van der Waals surface area contributed by atoms with Gasteiger partial charge in [-0.1, -0.05) is 0 Å². The number of aryl methyl sites for hydroxylation is 1. The van der Waals surface area contributed by atoms with Gasteiger partial charge in [-0.15, -0.1) is 0 Å². The Hall–Kier alpha value is -4.49. The van der Waals surface area contributed by atoms with E-state index in [1.807, 2.05) is 0 Å². The number of rotatable bonds is 10. The second-order valence-corrected chi connectivity index (χ2v) is 9.21. The summed E-state index contributed by atoms with van der Waals surface area (Å²) in [6, 6.07) is 3.46. The number of hydrogen-bond donors (Lipinski definition) is 0. The van der Waals surface area contributed by atoms with Gasteiger partial charge in [0.25, 0.3) is 5.88 Å². The first-order valence-electron chi connectivity index (χ1n) is 12.7. The highest BCUT2D eigenvalue weighted by molar-refractivity contribution is 5.66. The molecule has 1 aliphatic rings. The van der Waals surface area contributed by atoms with Crippen molar-refractivity contribution in [1.29, 1.82) is 0 Å². The van der Waals surface area contributed by atoms with Gasteiger partial charge in [-0.05, 0) is 50.5 Å². The van der Waals surface area contributed by atoms with Crippen molar-refractivity contribution in [3.8, 4) is 40.3 Å². The van der Waals surface area contributed by atoms with Crippen molar-refractivity contribution < 1.29 is 36.5 Å². The average molecular weight is 575 g/mol. The Morgan fingerprint density at radius 2 is 1.76 bits per heavy atom. The predicted octanol–water partition coefficient (Wildman–Crippen LogP) is 5.46. The Kier molecular flexibility index (Phi) is 7.65. The zero-order valence-corrected chi connectivity index (χ0v) is 22.6. The number of ether oxygens (including phenoxy) is 4. The molecule has 14 heteroatoms. The lowest BCUT2D eigenvalue weighted by Crippen LogP contribution is -2.11. The fraction of sp³-hybridized carbons (Fsp3) is 0.370. The van der Waals surface area contributed by atoms with Gasteiger partial charge in [-0.25, -0.2) is 24.0 Å². The van der Waals surface area contributed by atoms with Crippen LogP contribution in [-0.2, 0) is 12.8 Å². The zero-order valence-electron chi connectivity index (χ0n) is 22.6. The van der Waals surface area contributed by atoms with Gasteiger partial charge >= 0.3 is 6.18 Å². The summed E-state index contributed by atoms with van der Waals surface area (Å²) in [5.41, 5.74) is 0.360. The minimum absolute atomic E-state index is 0.00149. The minimum Gasteiger partial charge on any atom is -0.491 e. The number of hydrogen-bond acceptors (Lipinski definition) is 9. The minimum atomic E-state index is -4.68. The van der Waals surface area contributed by atoms with Gasteiger partial charge in [0.05, 0.1) is 32.7 Å². The molecule has 0 atom stereocenters. The van der Waals surface area contributed by atoms with E-state index in [1.54, 1.807) is 6.92 Å². The quantitative estimate of drug-likeness (QED) is 0.228. The molecule has 0 aliphatic heterocycles. The normalized spacial score (nSPS) is 13.3. The van der Waals surface area contributed by atoms with Gasteiger partial charge in [-0.3, -0.25) is 0 Å². The second kappa shape index (κ2) is 11.2. The van der Waals surface area contributed by atoms with Crippen molar-refractivity contribution in [1.82, 2.24) is 29.7 Å². The van der Waals surface area contributed by atoms with Gasteiger partial charge < -0.3 is 18.9 Å². The molecule has 3 heterocycles. The van der Waals surface area contributed by atoms with Crippen LogP contribution in [0.3, 0.4) is 0 Å². The van der Waals surface area contributed by atoms with Crippen LogP contribution in [0.4, 0.5) is 17.6 Å². The molecule has 1 aromatic carbocycles. The molecule has 10 nitrogen and oxygen atoms in total. The first kappa shape index (κ1) is 28.1. The fourth-order valence-corrected chi connectivity index (χ4v) is 4.31. The third kappa shape index (κ3) is 5.72. The highest BCUT2D eigenvalue weighted by atomic mass is 19.4. The highest BCUT2D eigenvalue weighted by Gasteiger charge is 2.35. The van der Waals surface area contributed by atoms with Crippen molar-refractivity contribution in [2.75, 3.05) is 20.8 Å². The van der Waals surface area contributed by atoms with Crippen LogP contribution < -0.4 is 18.9 Å². The van der Waals surface area contributed by atoms with Crippen LogP contribution in [0.2, 0.25) is 0 Å². The van der Waals surface area contributed by atoms with E-state index >= 15 is 4.39 Å². The van der Waals surface area contributed by atoms with E-state index in [2.05, 4.69) is 25.0 Å². The summed E-state index contributed by atoms with van der Waals surface area (Å²) in [6.07, 6.45) is 0.142. The SMILES string of the molecule is CCOc1cc(COc2nc(-c3c(OC)ncnc3C3CC3)ncc2OC)cc(F)c1-n1nc(C(F)(F)F)cc1C. The molecule has 0 N–H and O–H groups in total. The zero-order chi connectivity index (χ0) is 29.3. The van der Waals surface area contributed by atoms with E-state index in [0.29, 0.717) is 17.0 Å². The number of methoxy groups -OCH3 is 2. The molecule has 0 spiro atoms. The standard InChI is InChI=1S/C27H26F4N6O4/c1-5-40-18-10-15(9-17(28)23(18)37-14(2)8-20(36-37)27(29,30)31)12-41-25-19(38-3)11-32-24(35-25)21-22(16-6-7-16)33-13-34-26(21)39-4/h8-11,13,16H,5-7,12H2,1-4H3. The van der Waals surface area contributed by atoms with Crippen molar-refractivity contribution in [3.05, 3.63) is 59.2 Å². The van der Waals surface area contributed by atoms with E-state index in [9.17, 15) is 13.2 Å². The Bertz CT molecular complexity index is 1570. The molecular weight excluding hydrogens is 548 g/mol. The summed E-state index contributed by atoms with van der Waals surface area (Å²) in [7, 11) is 2.92. The number of nitrogens with zero attached hydrogens (tertiary/aromatic N) is 6. The lowest BCUT2D eigenvalue weighted by molar-refractivity contribution is -0.141. The first-order chi connectivity index (χ1) is 19.6. The maximum atomic E-state index is 15.4. The molecule has 41 heavy (non-hydrogen) atoms. The lowest BCUT2D eigenvalue weighted by atomic mass is 10.1. The van der Waals surface area contributed by atoms with Gasteiger partial charge in [-0.2, -0.15) is 23.3 Å². The number of benzene rings is 1. The maximum absolute atomic E-state index is 15.4. The fourth-order valence-electron chi connectivity index (χ4n) is 4.31. The molecule has 1 fully saturated rings. The van der Waals surface area contributed by atoms with Crippen molar-refractivity contribution >= 4 is 0 Å². The largest absolute Gasteiger partial charge is 0.491 e. The van der Waals surface area contributed by atoms with E-state index in [-0.39, 0.29) is 53.7 Å². The topological polar surface area (TPSA) is 106 Å². The first-order valence-corrected chi connectivity index (χ1v) is 12.7. The Morgan fingerprint density at radius 1 is 0.976 bits per heavy atom. The molecule has 1 saturated carbocycles. The molecule has 0 bridgehead atoms. The third-order valence-corrected chi connectivity index (χ3v) is 6.32. The summed E-state index contributed by atoms with van der Waals surface area (Å²) in [5, 5.41) is 3.56. The molecule has 0 radical (unpaired) electrons. The molecule has 3 aromatic heterocycles. The Balaban J connectivity index is 1.47. The Labute approximate surface area is 232 Å². The number of aromatic nitrogens is 6. The van der Waals surface area contributed by atoms with Crippen LogP contribution in [0, 0.1) is 12.7 Å². The summed E-state index contributed by atoms with van der Waals surface area (Å²) in [5.74, 6) is 0.301. The highest BCUT2D eigenvalue weighted by Crippen LogP contribution is 2.45. The molecule has 216 valence electrons. The van der Waals surface area contributed by atoms with Crippen molar-refractivity contribution in [2.45, 2.75) is 45.4 Å². The summed E-state index contributed by atoms with van der Waals surface area (Å²) in [4.78, 5) is 17.5. The predicted molar refractivity (Wildman–Crippen MR) is 137 cm³/mol. The van der Waals surface area contributed by atoms with E-state index in [1.165, 1.54) is 39.7 Å². The smallest absolute Gasteiger partial charge is 0.435 e. The summed E-state index contributed by atoms with van der Waals surface area (Å²) >= 11 is 0. The van der Waals surface area contributed by atoms with E-state index in [0.717, 1.165) is 35.4 Å². The van der Waals surface area contributed by atoms with E-state index < -0.39 is 17.7 Å². The van der Waals surface area contributed by atoms with Crippen LogP contribution in [0.15, 0.2) is 30.7 Å². The monoisotopic (exact) mass is 574 g/mol. The molecular formula is C27H26F4N6O4. The maximum Gasteiger partial charge on any atom is 0.435 e. The average Bonchev–Trinajstić information content (AvgIpc) is 3.72. The molecule has 0 unspecified atom stereocenters. The summed E-state index contributed by atoms with van der Waals surface area (Å²) in [6.45, 7) is 3.03. The molecule has 5 rings (SSSR count). The van der Waals surface area contributed by atoms with Crippen LogP contribution >= 0.6 is 0 Å². The van der Waals surface area contributed by atoms with Crippen LogP contribution in [0.5, 0.6) is 23.3 Å². The van der Waals surface area contributed by atoms with Gasteiger partial charge in [0, 0.05) is 11.6 Å². The van der Waals surface area contributed by atoms with Crippen LogP contribution in [0.25, 0.3) is 17.1 Å². The van der Waals surface area contributed by atoms with Crippen LogP contribution in [-0.4, -0.2) is 50.5 Å². The van der Waals surface area contributed by atoms with Gasteiger partial charge in [0.15, 0.2) is 23.1 Å². The Morgan fingerprint density at radius 3 is 2.39 bits per heavy atom. The van der Waals surface area contributed by atoms with Crippen molar-refractivity contribution in [2.24, 2.45) is 0 Å². The second-order valence-electron chi connectivity index (χ2n) is 9.21. The molecule has 0 saturated heterocycles. The number of alkyl halides is 3. The molecule has 4 aromatic rings. The van der Waals surface area contributed by atoms with E-state index in [4.69, 9.17) is 18.9 Å². The van der Waals surface area contributed by atoms with Gasteiger partial charge in [0.2, 0.25) is 5.88 Å². The van der Waals surface area contributed by atoms with Crippen molar-refractivity contribution in [3.63, 3.8) is 0 Å². The lowest BCUT2D eigenvalue weighted by Gasteiger charge is -2.16. The molecule has 0 amide bonds. The van der Waals surface area contributed by atoms with Crippen LogP contribution in [0.1, 0.15) is 48.3 Å².